The first-order valence-corrected chi connectivity index (χ1v) is 10.1. The van der Waals surface area contributed by atoms with E-state index in [9.17, 15) is 14.0 Å². The SMILES string of the molecule is O=C1C(c2ccccc2)=C(N2CCN(CCO)CC2)C(=O)N1Cc1ccc(F)cc1. The molecule has 2 aromatic carbocycles. The second-order valence-electron chi connectivity index (χ2n) is 7.46. The number of carbonyl (C=O) groups excluding carboxylic acids is 2. The zero-order chi connectivity index (χ0) is 21.1. The number of carbonyl (C=O) groups is 2. The van der Waals surface area contributed by atoms with Crippen LogP contribution in [0.4, 0.5) is 4.39 Å². The lowest BCUT2D eigenvalue weighted by Crippen LogP contribution is -2.48. The maximum absolute atomic E-state index is 13.4. The minimum atomic E-state index is -0.359. The van der Waals surface area contributed by atoms with Crippen LogP contribution in [0.5, 0.6) is 0 Å². The number of piperazine rings is 1. The first-order valence-electron chi connectivity index (χ1n) is 10.1. The minimum Gasteiger partial charge on any atom is -0.395 e. The molecule has 0 aromatic heterocycles. The van der Waals surface area contributed by atoms with Crippen LogP contribution in [-0.4, -0.2) is 71.0 Å². The van der Waals surface area contributed by atoms with E-state index in [0.717, 1.165) is 0 Å². The van der Waals surface area contributed by atoms with Gasteiger partial charge in [0.05, 0.1) is 18.7 Å². The summed E-state index contributed by atoms with van der Waals surface area (Å²) < 4.78 is 13.2. The highest BCUT2D eigenvalue weighted by molar-refractivity contribution is 6.35. The van der Waals surface area contributed by atoms with Gasteiger partial charge in [-0.3, -0.25) is 19.4 Å². The number of benzene rings is 2. The van der Waals surface area contributed by atoms with E-state index in [1.807, 2.05) is 35.2 Å². The predicted octanol–water partition coefficient (Wildman–Crippen LogP) is 1.72. The Labute approximate surface area is 174 Å². The first-order chi connectivity index (χ1) is 14.6. The zero-order valence-electron chi connectivity index (χ0n) is 16.6. The van der Waals surface area contributed by atoms with Crippen molar-refractivity contribution >= 4 is 17.4 Å². The molecule has 0 spiro atoms. The Kier molecular flexibility index (Phi) is 5.92. The highest BCUT2D eigenvalue weighted by Gasteiger charge is 2.42. The molecule has 4 rings (SSSR count). The molecule has 2 aliphatic heterocycles. The Morgan fingerprint density at radius 2 is 1.53 bits per heavy atom. The number of hydrogen-bond acceptors (Lipinski definition) is 5. The van der Waals surface area contributed by atoms with Gasteiger partial charge in [-0.15, -0.1) is 0 Å². The summed E-state index contributed by atoms with van der Waals surface area (Å²) >= 11 is 0. The van der Waals surface area contributed by atoms with E-state index >= 15 is 0 Å². The van der Waals surface area contributed by atoms with Gasteiger partial charge < -0.3 is 10.0 Å². The highest BCUT2D eigenvalue weighted by atomic mass is 19.1. The van der Waals surface area contributed by atoms with E-state index in [1.165, 1.54) is 17.0 Å². The van der Waals surface area contributed by atoms with Gasteiger partial charge in [0, 0.05) is 32.7 Å². The molecule has 156 valence electrons. The van der Waals surface area contributed by atoms with E-state index in [1.54, 1.807) is 12.1 Å². The van der Waals surface area contributed by atoms with Gasteiger partial charge in [0.15, 0.2) is 0 Å². The van der Waals surface area contributed by atoms with Crippen molar-refractivity contribution in [2.75, 3.05) is 39.3 Å². The largest absolute Gasteiger partial charge is 0.395 e. The molecular weight excluding hydrogens is 385 g/mol. The van der Waals surface area contributed by atoms with Crippen LogP contribution >= 0.6 is 0 Å². The molecule has 6 nitrogen and oxygen atoms in total. The summed E-state index contributed by atoms with van der Waals surface area (Å²) in [5, 5.41) is 9.16. The molecular formula is C23H24FN3O3. The molecule has 2 heterocycles. The van der Waals surface area contributed by atoms with Gasteiger partial charge in [0.25, 0.3) is 11.8 Å². The molecule has 0 aliphatic carbocycles. The number of halogens is 1. The summed E-state index contributed by atoms with van der Waals surface area (Å²) in [6.45, 7) is 3.44. The second kappa shape index (κ2) is 8.77. The summed E-state index contributed by atoms with van der Waals surface area (Å²) in [4.78, 5) is 32.0. The van der Waals surface area contributed by atoms with E-state index in [0.29, 0.717) is 55.1 Å². The average molecular weight is 409 g/mol. The average Bonchev–Trinajstić information content (AvgIpc) is 3.01. The maximum atomic E-state index is 13.4. The summed E-state index contributed by atoms with van der Waals surface area (Å²) in [5.74, 6) is -1.01. The molecule has 1 fully saturated rings. The van der Waals surface area contributed by atoms with Gasteiger partial charge in [-0.1, -0.05) is 42.5 Å². The molecule has 0 saturated carbocycles. The van der Waals surface area contributed by atoms with E-state index in [-0.39, 0.29) is 30.8 Å². The fourth-order valence-corrected chi connectivity index (χ4v) is 3.97. The Morgan fingerprint density at radius 3 is 2.17 bits per heavy atom. The van der Waals surface area contributed by atoms with Crippen LogP contribution in [0.25, 0.3) is 5.57 Å². The smallest absolute Gasteiger partial charge is 0.278 e. The van der Waals surface area contributed by atoms with Crippen LogP contribution in [0.3, 0.4) is 0 Å². The van der Waals surface area contributed by atoms with Crippen LogP contribution in [0.2, 0.25) is 0 Å². The Hall–Kier alpha value is -3.03. The summed E-state index contributed by atoms with van der Waals surface area (Å²) in [5.41, 5.74) is 2.25. The fourth-order valence-electron chi connectivity index (χ4n) is 3.97. The third-order valence-electron chi connectivity index (χ3n) is 5.56. The summed E-state index contributed by atoms with van der Waals surface area (Å²) in [7, 11) is 0. The molecule has 2 aliphatic rings. The van der Waals surface area contributed by atoms with E-state index < -0.39 is 0 Å². The van der Waals surface area contributed by atoms with Crippen molar-refractivity contribution in [3.63, 3.8) is 0 Å². The predicted molar refractivity (Wildman–Crippen MR) is 110 cm³/mol. The monoisotopic (exact) mass is 409 g/mol. The van der Waals surface area contributed by atoms with Crippen LogP contribution in [0.15, 0.2) is 60.3 Å². The normalized spacial score (nSPS) is 17.9. The number of nitrogens with zero attached hydrogens (tertiary/aromatic N) is 3. The second-order valence-corrected chi connectivity index (χ2v) is 7.46. The van der Waals surface area contributed by atoms with Crippen LogP contribution in [0.1, 0.15) is 11.1 Å². The molecule has 2 aromatic rings. The lowest BCUT2D eigenvalue weighted by atomic mass is 10.0. The van der Waals surface area contributed by atoms with Crippen LogP contribution < -0.4 is 0 Å². The van der Waals surface area contributed by atoms with Gasteiger partial charge in [-0.2, -0.15) is 0 Å². The van der Waals surface area contributed by atoms with Crippen molar-refractivity contribution in [1.82, 2.24) is 14.7 Å². The van der Waals surface area contributed by atoms with Crippen molar-refractivity contribution in [2.24, 2.45) is 0 Å². The fraction of sp³-hybridized carbons (Fsp3) is 0.304. The van der Waals surface area contributed by atoms with Crippen LogP contribution in [0, 0.1) is 5.82 Å². The van der Waals surface area contributed by atoms with Gasteiger partial charge >= 0.3 is 0 Å². The molecule has 30 heavy (non-hydrogen) atoms. The quantitative estimate of drug-likeness (QED) is 0.736. The number of amides is 2. The lowest BCUT2D eigenvalue weighted by Gasteiger charge is -2.36. The Balaban J connectivity index is 1.64. The third kappa shape index (κ3) is 3.99. The topological polar surface area (TPSA) is 64.1 Å². The van der Waals surface area contributed by atoms with Crippen molar-refractivity contribution in [3.05, 3.63) is 77.2 Å². The molecule has 0 atom stereocenters. The maximum Gasteiger partial charge on any atom is 0.278 e. The zero-order valence-corrected chi connectivity index (χ0v) is 16.6. The van der Waals surface area contributed by atoms with Gasteiger partial charge in [0.1, 0.15) is 11.5 Å². The number of rotatable bonds is 6. The Bertz CT molecular complexity index is 951. The third-order valence-corrected chi connectivity index (χ3v) is 5.56. The van der Waals surface area contributed by atoms with E-state index in [4.69, 9.17) is 5.11 Å². The minimum absolute atomic E-state index is 0.0980. The molecule has 1 N–H and O–H groups in total. The van der Waals surface area contributed by atoms with Crippen LogP contribution in [-0.2, 0) is 16.1 Å². The Morgan fingerprint density at radius 1 is 0.867 bits per heavy atom. The first kappa shape index (κ1) is 20.3. The van der Waals surface area contributed by atoms with Crippen molar-refractivity contribution < 1.29 is 19.1 Å². The van der Waals surface area contributed by atoms with Gasteiger partial charge in [-0.25, -0.2) is 4.39 Å². The van der Waals surface area contributed by atoms with Gasteiger partial charge in [0.2, 0.25) is 0 Å². The molecule has 1 saturated heterocycles. The highest BCUT2D eigenvalue weighted by Crippen LogP contribution is 2.33. The standard InChI is InChI=1S/C23H24FN3O3/c24-19-8-6-17(7-9-19)16-27-22(29)20(18-4-2-1-3-5-18)21(23(27)30)26-12-10-25(11-13-26)14-15-28/h1-9,28H,10-16H2. The lowest BCUT2D eigenvalue weighted by molar-refractivity contribution is -0.138. The molecule has 0 radical (unpaired) electrons. The van der Waals surface area contributed by atoms with Crippen molar-refractivity contribution in [3.8, 4) is 0 Å². The van der Waals surface area contributed by atoms with Gasteiger partial charge in [-0.05, 0) is 23.3 Å². The van der Waals surface area contributed by atoms with E-state index in [2.05, 4.69) is 4.90 Å². The number of hydrogen-bond donors (Lipinski definition) is 1. The number of imide groups is 1. The summed E-state index contributed by atoms with van der Waals surface area (Å²) in [6, 6.07) is 15.1. The number of aliphatic hydroxyl groups excluding tert-OH is 1. The van der Waals surface area contributed by atoms with Crippen molar-refractivity contribution in [2.45, 2.75) is 6.54 Å². The molecule has 2 amide bonds. The molecule has 0 unspecified atom stereocenters. The molecule has 0 bridgehead atoms. The summed E-state index contributed by atoms with van der Waals surface area (Å²) in [6.07, 6.45) is 0. The number of aliphatic hydroxyl groups is 1. The number of β-amino-alcohol motifs (C(OH)–C–C–N with tert-alkyl or cyclic N) is 1. The molecule has 7 heteroatoms. The van der Waals surface area contributed by atoms with Crippen molar-refractivity contribution in [1.29, 1.82) is 0 Å².